The van der Waals surface area contributed by atoms with Crippen molar-refractivity contribution in [2.45, 2.75) is 24.0 Å². The van der Waals surface area contributed by atoms with E-state index in [0.29, 0.717) is 5.56 Å². The van der Waals surface area contributed by atoms with Crippen molar-refractivity contribution < 1.29 is 24.5 Å². The van der Waals surface area contributed by atoms with Gasteiger partial charge in [0.1, 0.15) is 23.6 Å². The normalized spacial score (nSPS) is 29.7. The van der Waals surface area contributed by atoms with Crippen molar-refractivity contribution in [2.75, 3.05) is 18.5 Å². The van der Waals surface area contributed by atoms with Crippen LogP contribution in [0.25, 0.3) is 0 Å². The molecule has 2 fully saturated rings. The number of benzene rings is 1. The predicted octanol–water partition coefficient (Wildman–Crippen LogP) is -0.485. The van der Waals surface area contributed by atoms with Crippen molar-refractivity contribution in [3.8, 4) is 0 Å². The number of hydrogen-bond donors (Lipinski definition) is 3. The highest BCUT2D eigenvalue weighted by molar-refractivity contribution is 6.03. The molecule has 2 aliphatic rings. The Morgan fingerprint density at radius 2 is 2.12 bits per heavy atom. The number of anilines is 1. The van der Waals surface area contributed by atoms with Crippen LogP contribution in [0.1, 0.15) is 16.6 Å². The number of hydrogen-bond acceptors (Lipinski definition) is 7. The summed E-state index contributed by atoms with van der Waals surface area (Å²) in [6.45, 7) is -0.173. The van der Waals surface area contributed by atoms with Gasteiger partial charge in [0.05, 0.1) is 13.2 Å². The summed E-state index contributed by atoms with van der Waals surface area (Å²) in [6.07, 6.45) is -1.45. The molecule has 136 valence electrons. The highest BCUT2D eigenvalue weighted by atomic mass is 16.7. The standard InChI is InChI=1S/C17H17N3O6/c21-8-17-9-25-13(17)12(22)15(26-17)20-7-6-11(19-16(20)24)18-14(23)10-4-2-1-3-5-10/h1-7,12-13,15,21-22H,8-9H2,(H,18,19,23,24)/t12-,13+,15-,17+/m1/s1. The van der Waals surface area contributed by atoms with Gasteiger partial charge in [-0.3, -0.25) is 9.36 Å². The lowest BCUT2D eigenvalue weighted by Crippen LogP contribution is -2.61. The first kappa shape index (κ1) is 16.9. The van der Waals surface area contributed by atoms with Crippen LogP contribution < -0.4 is 11.0 Å². The van der Waals surface area contributed by atoms with Crippen LogP contribution in [0.3, 0.4) is 0 Å². The maximum absolute atomic E-state index is 12.3. The molecule has 4 rings (SSSR count). The minimum absolute atomic E-state index is 0.0867. The lowest BCUT2D eigenvalue weighted by atomic mass is 9.91. The molecule has 0 unspecified atom stereocenters. The zero-order valence-corrected chi connectivity index (χ0v) is 13.6. The van der Waals surface area contributed by atoms with E-state index < -0.39 is 35.6 Å². The number of carbonyl (C=O) groups is 1. The first-order valence-electron chi connectivity index (χ1n) is 8.08. The van der Waals surface area contributed by atoms with E-state index in [0.717, 1.165) is 4.57 Å². The number of nitrogens with zero attached hydrogens (tertiary/aromatic N) is 2. The van der Waals surface area contributed by atoms with Gasteiger partial charge in [-0.15, -0.1) is 0 Å². The number of carbonyl (C=O) groups excluding carboxylic acids is 1. The smallest absolute Gasteiger partial charge is 0.351 e. The number of aliphatic hydroxyl groups is 2. The van der Waals surface area contributed by atoms with Gasteiger partial charge in [0, 0.05) is 11.8 Å². The van der Waals surface area contributed by atoms with Crippen LogP contribution in [0.15, 0.2) is 47.4 Å². The summed E-state index contributed by atoms with van der Waals surface area (Å²) in [7, 11) is 0. The molecule has 2 aromatic rings. The number of aliphatic hydroxyl groups excluding tert-OH is 2. The van der Waals surface area contributed by atoms with E-state index in [-0.39, 0.29) is 19.0 Å². The van der Waals surface area contributed by atoms with Crippen LogP contribution in [0.2, 0.25) is 0 Å². The monoisotopic (exact) mass is 359 g/mol. The van der Waals surface area contributed by atoms with Gasteiger partial charge < -0.3 is 25.0 Å². The van der Waals surface area contributed by atoms with Crippen LogP contribution >= 0.6 is 0 Å². The van der Waals surface area contributed by atoms with E-state index in [1.807, 2.05) is 0 Å². The molecule has 1 aromatic carbocycles. The fourth-order valence-electron chi connectivity index (χ4n) is 3.18. The first-order valence-corrected chi connectivity index (χ1v) is 8.08. The van der Waals surface area contributed by atoms with Crippen molar-refractivity contribution in [3.05, 3.63) is 58.6 Å². The molecular formula is C17H17N3O6. The van der Waals surface area contributed by atoms with Crippen LogP contribution in [-0.2, 0) is 9.47 Å². The molecule has 9 heteroatoms. The van der Waals surface area contributed by atoms with Crippen molar-refractivity contribution in [1.29, 1.82) is 0 Å². The minimum Gasteiger partial charge on any atom is -0.393 e. The number of amides is 1. The van der Waals surface area contributed by atoms with E-state index in [2.05, 4.69) is 10.3 Å². The van der Waals surface area contributed by atoms with Gasteiger partial charge in [0.25, 0.3) is 5.91 Å². The molecule has 4 atom stereocenters. The van der Waals surface area contributed by atoms with E-state index in [1.165, 1.54) is 12.3 Å². The van der Waals surface area contributed by atoms with Crippen molar-refractivity contribution in [3.63, 3.8) is 0 Å². The first-order chi connectivity index (χ1) is 12.5. The molecule has 3 N–H and O–H groups in total. The summed E-state index contributed by atoms with van der Waals surface area (Å²) in [6, 6.07) is 9.97. The molecule has 0 spiro atoms. The summed E-state index contributed by atoms with van der Waals surface area (Å²) in [5.41, 5.74) is -1.26. The van der Waals surface area contributed by atoms with Gasteiger partial charge in [0.2, 0.25) is 0 Å². The predicted molar refractivity (Wildman–Crippen MR) is 88.6 cm³/mol. The summed E-state index contributed by atoms with van der Waals surface area (Å²) in [5, 5.41) is 22.3. The van der Waals surface area contributed by atoms with Crippen molar-refractivity contribution >= 4 is 11.7 Å². The molecule has 0 radical (unpaired) electrons. The maximum Gasteiger partial charge on any atom is 0.351 e. The molecule has 0 saturated carbocycles. The highest BCUT2D eigenvalue weighted by Crippen LogP contribution is 2.44. The number of ether oxygens (including phenoxy) is 2. The topological polar surface area (TPSA) is 123 Å². The average Bonchev–Trinajstić information content (AvgIpc) is 2.82. The Balaban J connectivity index is 1.54. The summed E-state index contributed by atoms with van der Waals surface area (Å²) in [5.74, 6) is -0.304. The molecule has 2 saturated heterocycles. The average molecular weight is 359 g/mol. The number of rotatable bonds is 4. The minimum atomic E-state index is -1.11. The van der Waals surface area contributed by atoms with Gasteiger partial charge >= 0.3 is 5.69 Å². The van der Waals surface area contributed by atoms with Crippen LogP contribution in [-0.4, -0.2) is 56.7 Å². The van der Waals surface area contributed by atoms with Gasteiger partial charge in [-0.05, 0) is 18.2 Å². The Hall–Kier alpha value is -2.59. The number of aromatic nitrogens is 2. The Bertz CT molecular complexity index is 882. The van der Waals surface area contributed by atoms with Crippen molar-refractivity contribution in [1.82, 2.24) is 9.55 Å². The zero-order chi connectivity index (χ0) is 18.3. The lowest BCUT2D eigenvalue weighted by molar-refractivity contribution is -0.246. The molecule has 1 amide bonds. The molecule has 2 aliphatic heterocycles. The molecule has 3 heterocycles. The van der Waals surface area contributed by atoms with E-state index in [1.54, 1.807) is 30.3 Å². The van der Waals surface area contributed by atoms with Gasteiger partial charge in [0.15, 0.2) is 6.23 Å². The second kappa shape index (κ2) is 6.29. The Morgan fingerprint density at radius 1 is 1.35 bits per heavy atom. The summed E-state index contributed by atoms with van der Waals surface area (Å²) < 4.78 is 12.0. The quantitative estimate of drug-likeness (QED) is 0.673. The second-order valence-corrected chi connectivity index (χ2v) is 6.28. The SMILES string of the molecule is O=C(Nc1ccn([C@@H]2O[C@@]3(CO)CO[C@H]3[C@H]2O)c(=O)n1)c1ccccc1. The third-order valence-electron chi connectivity index (χ3n) is 4.63. The molecule has 9 nitrogen and oxygen atoms in total. The van der Waals surface area contributed by atoms with Crippen LogP contribution in [0.4, 0.5) is 5.82 Å². The third kappa shape index (κ3) is 2.61. The molecule has 0 bridgehead atoms. The molecule has 1 aromatic heterocycles. The van der Waals surface area contributed by atoms with Gasteiger partial charge in [-0.2, -0.15) is 4.98 Å². The second-order valence-electron chi connectivity index (χ2n) is 6.28. The fraction of sp³-hybridized carbons (Fsp3) is 0.353. The van der Waals surface area contributed by atoms with Crippen LogP contribution in [0, 0.1) is 0 Å². The molecule has 0 aliphatic carbocycles. The highest BCUT2D eigenvalue weighted by Gasteiger charge is 2.62. The van der Waals surface area contributed by atoms with Crippen molar-refractivity contribution in [2.24, 2.45) is 0 Å². The van der Waals surface area contributed by atoms with E-state index in [4.69, 9.17) is 9.47 Å². The largest absolute Gasteiger partial charge is 0.393 e. The number of nitrogens with one attached hydrogen (secondary N) is 1. The number of fused-ring (bicyclic) bond motifs is 1. The fourth-order valence-corrected chi connectivity index (χ4v) is 3.18. The van der Waals surface area contributed by atoms with Gasteiger partial charge in [-0.1, -0.05) is 18.2 Å². The van der Waals surface area contributed by atoms with E-state index >= 15 is 0 Å². The maximum atomic E-state index is 12.3. The molecular weight excluding hydrogens is 342 g/mol. The summed E-state index contributed by atoms with van der Waals surface area (Å²) in [4.78, 5) is 28.3. The summed E-state index contributed by atoms with van der Waals surface area (Å²) >= 11 is 0. The Kier molecular flexibility index (Phi) is 4.08. The Morgan fingerprint density at radius 3 is 2.69 bits per heavy atom. The van der Waals surface area contributed by atoms with E-state index in [9.17, 15) is 19.8 Å². The van der Waals surface area contributed by atoms with Crippen LogP contribution in [0.5, 0.6) is 0 Å². The van der Waals surface area contributed by atoms with Gasteiger partial charge in [-0.25, -0.2) is 4.79 Å². The zero-order valence-electron chi connectivity index (χ0n) is 13.6. The Labute approximate surface area is 147 Å². The lowest BCUT2D eigenvalue weighted by Gasteiger charge is -2.41. The third-order valence-corrected chi connectivity index (χ3v) is 4.63. The molecule has 26 heavy (non-hydrogen) atoms.